The molecule has 0 spiro atoms. The van der Waals surface area contributed by atoms with Gasteiger partial charge in [0.15, 0.2) is 24.4 Å². The van der Waals surface area contributed by atoms with Crippen LogP contribution in [0.15, 0.2) is 55.1 Å². The number of halogens is 1. The zero-order chi connectivity index (χ0) is 21.0. The van der Waals surface area contributed by atoms with Gasteiger partial charge in [0.1, 0.15) is 0 Å². The molecule has 0 radical (unpaired) electrons. The Labute approximate surface area is 191 Å². The molecule has 1 aromatic carbocycles. The molecule has 2 aromatic heterocycles. The van der Waals surface area contributed by atoms with Gasteiger partial charge in [-0.1, -0.05) is 57.6 Å². The predicted molar refractivity (Wildman–Crippen MR) is 118 cm³/mol. The predicted octanol–water partition coefficient (Wildman–Crippen LogP) is 1.44. The Morgan fingerprint density at radius 1 is 1.06 bits per heavy atom. The van der Waals surface area contributed by atoms with Crippen LogP contribution in [0.4, 0.5) is 0 Å². The number of carbonyl (C=O) groups excluding carboxylic acids is 1. The minimum absolute atomic E-state index is 0. The van der Waals surface area contributed by atoms with E-state index in [0.29, 0.717) is 19.0 Å². The molecule has 31 heavy (non-hydrogen) atoms. The van der Waals surface area contributed by atoms with Crippen molar-refractivity contribution in [2.75, 3.05) is 6.61 Å². The van der Waals surface area contributed by atoms with E-state index in [1.54, 1.807) is 24.5 Å². The molecule has 1 amide bonds. The van der Waals surface area contributed by atoms with Crippen LogP contribution in [0.5, 0.6) is 0 Å². The van der Waals surface area contributed by atoms with Crippen molar-refractivity contribution in [2.45, 2.75) is 65.3 Å². The first-order valence-corrected chi connectivity index (χ1v) is 11.0. The number of ether oxygens (including phenoxy) is 1. The Kier molecular flexibility index (Phi) is 11.0. The summed E-state index contributed by atoms with van der Waals surface area (Å²) in [5, 5.41) is 2.96. The standard InChI is InChI=1S/C24H32N4O2.ClH/c1-2-3-4-5-6-7-10-16-30-20-28-19-27(22-13-8-9-14-23(22)28)18-26-24(29)21-12-11-15-25-17-21;/h8-9,11-15,17,19H,2-7,10,16,18,20H2,1H3;1H. The minimum atomic E-state index is -0.136. The van der Waals surface area contributed by atoms with E-state index in [-0.39, 0.29) is 18.3 Å². The van der Waals surface area contributed by atoms with Crippen molar-refractivity contribution in [1.82, 2.24) is 14.9 Å². The number of carbonyl (C=O) groups is 1. The normalized spacial score (nSPS) is 10.7. The number of amides is 1. The molecule has 0 aliphatic carbocycles. The SMILES string of the molecule is CCCCCCCCCOCn1c[n+](CNC(=O)c2cccnc2)c2ccccc21.[Cl-]. The summed E-state index contributed by atoms with van der Waals surface area (Å²) in [5.41, 5.74) is 2.70. The van der Waals surface area contributed by atoms with Crippen LogP contribution in [0.3, 0.4) is 0 Å². The van der Waals surface area contributed by atoms with E-state index in [1.165, 1.54) is 38.5 Å². The van der Waals surface area contributed by atoms with Crippen molar-refractivity contribution in [3.8, 4) is 0 Å². The summed E-state index contributed by atoms with van der Waals surface area (Å²) in [6.45, 7) is 3.92. The molecule has 7 heteroatoms. The largest absolute Gasteiger partial charge is 1.00 e. The molecule has 0 saturated heterocycles. The Hall–Kier alpha value is -2.44. The average Bonchev–Trinajstić information content (AvgIpc) is 3.14. The van der Waals surface area contributed by atoms with E-state index in [0.717, 1.165) is 24.1 Å². The van der Waals surface area contributed by atoms with Gasteiger partial charge in [0.25, 0.3) is 5.91 Å². The number of nitrogens with one attached hydrogen (secondary N) is 1. The summed E-state index contributed by atoms with van der Waals surface area (Å²) >= 11 is 0. The smallest absolute Gasteiger partial charge is 0.255 e. The third-order valence-corrected chi connectivity index (χ3v) is 5.24. The first-order chi connectivity index (χ1) is 14.8. The number of pyridine rings is 1. The second kappa shape index (κ2) is 13.8. The number of unbranched alkanes of at least 4 members (excludes halogenated alkanes) is 6. The fourth-order valence-electron chi connectivity index (χ4n) is 3.55. The number of hydrogen-bond acceptors (Lipinski definition) is 3. The van der Waals surface area contributed by atoms with Gasteiger partial charge in [-0.15, -0.1) is 0 Å². The lowest BCUT2D eigenvalue weighted by molar-refractivity contribution is -0.675. The maximum Gasteiger partial charge on any atom is 0.255 e. The summed E-state index contributed by atoms with van der Waals surface area (Å²) in [5.74, 6) is -0.136. The van der Waals surface area contributed by atoms with Crippen molar-refractivity contribution < 1.29 is 26.5 Å². The zero-order valence-corrected chi connectivity index (χ0v) is 19.1. The van der Waals surface area contributed by atoms with E-state index >= 15 is 0 Å². The summed E-state index contributed by atoms with van der Waals surface area (Å²) < 4.78 is 10.0. The molecule has 0 atom stereocenters. The van der Waals surface area contributed by atoms with Crippen molar-refractivity contribution in [3.63, 3.8) is 0 Å². The topological polar surface area (TPSA) is 60.0 Å². The van der Waals surface area contributed by atoms with Gasteiger partial charge in [0.05, 0.1) is 12.2 Å². The highest BCUT2D eigenvalue weighted by molar-refractivity contribution is 5.93. The van der Waals surface area contributed by atoms with Gasteiger partial charge < -0.3 is 22.5 Å². The first kappa shape index (κ1) is 24.8. The third kappa shape index (κ3) is 7.64. The highest BCUT2D eigenvalue weighted by Gasteiger charge is 2.16. The van der Waals surface area contributed by atoms with E-state index in [4.69, 9.17) is 4.74 Å². The number of imidazole rings is 1. The summed E-state index contributed by atoms with van der Waals surface area (Å²) in [7, 11) is 0. The molecule has 6 nitrogen and oxygen atoms in total. The summed E-state index contributed by atoms with van der Waals surface area (Å²) in [6.07, 6.45) is 14.2. The molecule has 3 rings (SSSR count). The molecule has 0 unspecified atom stereocenters. The highest BCUT2D eigenvalue weighted by atomic mass is 35.5. The molecule has 0 saturated carbocycles. The lowest BCUT2D eigenvalue weighted by atomic mass is 10.1. The van der Waals surface area contributed by atoms with Crippen LogP contribution in [-0.2, 0) is 18.1 Å². The van der Waals surface area contributed by atoms with Gasteiger partial charge in [0.2, 0.25) is 6.33 Å². The maximum absolute atomic E-state index is 12.3. The second-order valence-corrected chi connectivity index (χ2v) is 7.61. The molecule has 1 N–H and O–H groups in total. The van der Waals surface area contributed by atoms with Crippen LogP contribution in [-0.4, -0.2) is 22.1 Å². The second-order valence-electron chi connectivity index (χ2n) is 7.61. The lowest BCUT2D eigenvalue weighted by Gasteiger charge is -2.03. The number of hydrogen-bond donors (Lipinski definition) is 1. The Morgan fingerprint density at radius 3 is 2.61 bits per heavy atom. The molecule has 2 heterocycles. The van der Waals surface area contributed by atoms with Gasteiger partial charge in [-0.3, -0.25) is 9.78 Å². The van der Waals surface area contributed by atoms with Crippen LogP contribution in [0.2, 0.25) is 0 Å². The minimum Gasteiger partial charge on any atom is -1.00 e. The number of aromatic nitrogens is 3. The van der Waals surface area contributed by atoms with Gasteiger partial charge in [-0.25, -0.2) is 9.13 Å². The van der Waals surface area contributed by atoms with Gasteiger partial charge in [-0.2, -0.15) is 0 Å². The van der Waals surface area contributed by atoms with E-state index in [1.807, 2.05) is 23.0 Å². The van der Waals surface area contributed by atoms with Crippen LogP contribution in [0.1, 0.15) is 62.2 Å². The molecular formula is C24H33ClN4O2. The molecule has 0 bridgehead atoms. The number of nitrogens with zero attached hydrogens (tertiary/aromatic N) is 3. The Morgan fingerprint density at radius 2 is 1.84 bits per heavy atom. The average molecular weight is 445 g/mol. The summed E-state index contributed by atoms with van der Waals surface area (Å²) in [6, 6.07) is 11.7. The van der Waals surface area contributed by atoms with Crippen LogP contribution in [0, 0.1) is 0 Å². The third-order valence-electron chi connectivity index (χ3n) is 5.24. The molecule has 3 aromatic rings. The fourth-order valence-corrected chi connectivity index (χ4v) is 3.55. The van der Waals surface area contributed by atoms with Crippen molar-refractivity contribution in [3.05, 3.63) is 60.7 Å². The van der Waals surface area contributed by atoms with Crippen LogP contribution >= 0.6 is 0 Å². The van der Waals surface area contributed by atoms with Crippen molar-refractivity contribution in [2.24, 2.45) is 0 Å². The molecular weight excluding hydrogens is 412 g/mol. The van der Waals surface area contributed by atoms with Gasteiger partial charge in [-0.05, 0) is 30.7 Å². The van der Waals surface area contributed by atoms with Crippen molar-refractivity contribution >= 4 is 16.9 Å². The monoisotopic (exact) mass is 444 g/mol. The fraction of sp³-hybridized carbons (Fsp3) is 0.458. The molecule has 0 aliphatic rings. The van der Waals surface area contributed by atoms with E-state index < -0.39 is 0 Å². The Bertz CT molecular complexity index is 914. The number of rotatable bonds is 13. The number of fused-ring (bicyclic) bond motifs is 1. The molecule has 168 valence electrons. The number of para-hydroxylation sites is 2. The lowest BCUT2D eigenvalue weighted by Crippen LogP contribution is -3.00. The first-order valence-electron chi connectivity index (χ1n) is 11.0. The zero-order valence-electron chi connectivity index (χ0n) is 18.3. The van der Waals surface area contributed by atoms with Crippen molar-refractivity contribution in [1.29, 1.82) is 0 Å². The van der Waals surface area contributed by atoms with E-state index in [2.05, 4.69) is 33.9 Å². The van der Waals surface area contributed by atoms with Crippen LogP contribution < -0.4 is 22.3 Å². The van der Waals surface area contributed by atoms with Gasteiger partial charge >= 0.3 is 0 Å². The quantitative estimate of drug-likeness (QED) is 0.320. The van der Waals surface area contributed by atoms with Crippen LogP contribution in [0.25, 0.3) is 11.0 Å². The molecule has 0 fully saturated rings. The van der Waals surface area contributed by atoms with E-state index in [9.17, 15) is 4.79 Å². The Balaban J connectivity index is 0.00000341. The van der Waals surface area contributed by atoms with Gasteiger partial charge in [0, 0.05) is 12.4 Å². The highest BCUT2D eigenvalue weighted by Crippen LogP contribution is 2.11. The summed E-state index contributed by atoms with van der Waals surface area (Å²) in [4.78, 5) is 16.3. The number of benzene rings is 1. The molecule has 0 aliphatic heterocycles. The maximum atomic E-state index is 12.3.